The van der Waals surface area contributed by atoms with E-state index in [4.69, 9.17) is 4.74 Å². The van der Waals surface area contributed by atoms with Gasteiger partial charge in [0.1, 0.15) is 16.7 Å². The highest BCUT2D eigenvalue weighted by atomic mass is 32.2. The number of aliphatic hydroxyl groups excluding tert-OH is 1. The Hall–Kier alpha value is -4.28. The van der Waals surface area contributed by atoms with Gasteiger partial charge < -0.3 is 20.3 Å². The number of nitrogens with one attached hydrogen (secondary N) is 1. The van der Waals surface area contributed by atoms with Gasteiger partial charge in [0.2, 0.25) is 5.95 Å². The van der Waals surface area contributed by atoms with E-state index in [1.165, 1.54) is 37.0 Å². The first kappa shape index (κ1) is 38.0. The van der Waals surface area contributed by atoms with Crippen molar-refractivity contribution < 1.29 is 50.3 Å². The third kappa shape index (κ3) is 7.97. The van der Waals surface area contributed by atoms with Crippen LogP contribution < -0.4 is 14.4 Å². The van der Waals surface area contributed by atoms with Crippen LogP contribution in [-0.2, 0) is 17.5 Å². The van der Waals surface area contributed by atoms with Crippen molar-refractivity contribution in [3.05, 3.63) is 82.7 Å². The fourth-order valence-corrected chi connectivity index (χ4v) is 6.78. The van der Waals surface area contributed by atoms with Crippen LogP contribution in [0.25, 0.3) is 22.3 Å². The molecule has 5 rings (SSSR count). The average Bonchev–Trinajstić information content (AvgIpc) is 3.05. The molecule has 1 aromatic heterocycles. The van der Waals surface area contributed by atoms with Crippen molar-refractivity contribution in [2.24, 2.45) is 5.92 Å². The molecule has 0 saturated heterocycles. The van der Waals surface area contributed by atoms with E-state index in [0.717, 1.165) is 5.56 Å². The topological polar surface area (TPSA) is 125 Å². The lowest BCUT2D eigenvalue weighted by atomic mass is 9.67. The van der Waals surface area contributed by atoms with Gasteiger partial charge in [-0.15, -0.1) is 0 Å². The lowest BCUT2D eigenvalue weighted by Gasteiger charge is -2.49. The molecular formula is C35H36F6N4O5S. The fraction of sp³-hybridized carbons (Fsp3) is 0.400. The normalized spacial score (nSPS) is 18.6. The van der Waals surface area contributed by atoms with Crippen molar-refractivity contribution in [2.45, 2.75) is 63.1 Å². The number of aromatic nitrogens is 2. The number of anilines is 1. The molecule has 0 bridgehead atoms. The number of halogens is 6. The highest BCUT2D eigenvalue weighted by molar-refractivity contribution is 7.85. The van der Waals surface area contributed by atoms with Crippen molar-refractivity contribution >= 4 is 22.9 Å². The SMILES string of the molecule is COc1ccc(-c2ccc(C(=O)O)cc2C)cc1-c1cnc(N(C)S(C)=O)nc1CNC1(C(O)C2C=C(C(F)(F)F)C=C(C(F)(F)F)C2)CCC1. The van der Waals surface area contributed by atoms with Crippen LogP contribution in [0.2, 0.25) is 0 Å². The van der Waals surface area contributed by atoms with Gasteiger partial charge in [0.05, 0.1) is 30.0 Å². The zero-order valence-corrected chi connectivity index (χ0v) is 28.8. The van der Waals surface area contributed by atoms with Crippen molar-refractivity contribution in [1.82, 2.24) is 15.3 Å². The highest BCUT2D eigenvalue weighted by Crippen LogP contribution is 2.46. The number of aromatic carboxylic acids is 1. The lowest BCUT2D eigenvalue weighted by molar-refractivity contribution is -0.104. The molecule has 3 atom stereocenters. The van der Waals surface area contributed by atoms with Crippen LogP contribution in [0.4, 0.5) is 32.3 Å². The second-order valence-corrected chi connectivity index (χ2v) is 14.1. The van der Waals surface area contributed by atoms with Gasteiger partial charge in [0, 0.05) is 54.2 Å². The lowest BCUT2D eigenvalue weighted by Crippen LogP contribution is -2.61. The van der Waals surface area contributed by atoms with Gasteiger partial charge in [-0.3, -0.25) is 4.31 Å². The van der Waals surface area contributed by atoms with Gasteiger partial charge in [-0.25, -0.2) is 19.0 Å². The van der Waals surface area contributed by atoms with E-state index in [9.17, 15) is 45.6 Å². The zero-order valence-electron chi connectivity index (χ0n) is 28.0. The van der Waals surface area contributed by atoms with E-state index in [-0.39, 0.29) is 37.0 Å². The highest BCUT2D eigenvalue weighted by Gasteiger charge is 2.50. The Bertz CT molecular complexity index is 1910. The zero-order chi connectivity index (χ0) is 37.5. The molecular weight excluding hydrogens is 702 g/mol. The van der Waals surface area contributed by atoms with Crippen LogP contribution in [-0.4, -0.2) is 74.8 Å². The van der Waals surface area contributed by atoms with Crippen molar-refractivity contribution in [1.29, 1.82) is 0 Å². The number of methoxy groups -OCH3 is 1. The minimum absolute atomic E-state index is 0.0832. The maximum atomic E-state index is 13.7. The summed E-state index contributed by atoms with van der Waals surface area (Å²) in [6.45, 7) is 1.67. The van der Waals surface area contributed by atoms with Crippen LogP contribution in [0.1, 0.15) is 47.3 Å². The third-order valence-electron chi connectivity index (χ3n) is 9.49. The molecule has 2 aliphatic rings. The first-order valence-corrected chi connectivity index (χ1v) is 17.3. The van der Waals surface area contributed by atoms with E-state index in [1.54, 1.807) is 37.3 Å². The van der Waals surface area contributed by atoms with Crippen molar-refractivity contribution in [3.63, 3.8) is 0 Å². The molecule has 3 N–H and O–H groups in total. The van der Waals surface area contributed by atoms with Crippen molar-refractivity contribution in [3.8, 4) is 28.0 Å². The summed E-state index contributed by atoms with van der Waals surface area (Å²) in [5.74, 6) is -2.04. The molecule has 274 valence electrons. The van der Waals surface area contributed by atoms with Crippen LogP contribution in [0.15, 0.2) is 65.9 Å². The van der Waals surface area contributed by atoms with E-state index in [0.29, 0.717) is 46.2 Å². The molecule has 1 fully saturated rings. The minimum Gasteiger partial charge on any atom is -0.496 e. The minimum atomic E-state index is -5.04. The second-order valence-electron chi connectivity index (χ2n) is 12.7. The number of aliphatic hydroxyl groups is 1. The average molecular weight is 739 g/mol. The van der Waals surface area contributed by atoms with E-state index >= 15 is 0 Å². The van der Waals surface area contributed by atoms with E-state index in [2.05, 4.69) is 15.3 Å². The summed E-state index contributed by atoms with van der Waals surface area (Å²) in [4.78, 5) is 20.6. The van der Waals surface area contributed by atoms with Crippen LogP contribution in [0.3, 0.4) is 0 Å². The molecule has 2 aliphatic carbocycles. The maximum Gasteiger partial charge on any atom is 0.416 e. The van der Waals surface area contributed by atoms with Crippen LogP contribution >= 0.6 is 0 Å². The molecule has 2 aromatic carbocycles. The number of hydrogen-bond donors (Lipinski definition) is 3. The first-order valence-electron chi connectivity index (χ1n) is 15.8. The first-order chi connectivity index (χ1) is 23.8. The van der Waals surface area contributed by atoms with Gasteiger partial charge in [0.25, 0.3) is 0 Å². The number of benzene rings is 2. The predicted octanol–water partition coefficient (Wildman–Crippen LogP) is 6.93. The molecule has 0 spiro atoms. The van der Waals surface area contributed by atoms with Gasteiger partial charge in [-0.2, -0.15) is 26.3 Å². The smallest absolute Gasteiger partial charge is 0.416 e. The summed E-state index contributed by atoms with van der Waals surface area (Å²) in [6.07, 6.45) is -7.67. The van der Waals surface area contributed by atoms with Crippen LogP contribution in [0, 0.1) is 12.8 Å². The molecule has 51 heavy (non-hydrogen) atoms. The molecule has 9 nitrogen and oxygen atoms in total. The Labute approximate surface area is 292 Å². The summed E-state index contributed by atoms with van der Waals surface area (Å²) >= 11 is 0. The third-order valence-corrected chi connectivity index (χ3v) is 10.4. The standard InChI is InChI=1S/C35H36F6N4O5S/c1-19-12-21(31(47)48)6-8-25(19)20-7-9-29(50-3)26(15-20)27-17-42-32(45(2)51(4)49)44-28(27)18-43-33(10-5-11-33)30(46)22-13-23(34(36,37)38)16-24(14-22)35(39,40)41/h6-9,12-13,15-17,22,30,43,46H,5,10-11,14,18H2,1-4H3,(H,47,48). The molecule has 0 aliphatic heterocycles. The summed E-state index contributed by atoms with van der Waals surface area (Å²) in [5, 5.41) is 24.1. The van der Waals surface area contributed by atoms with Gasteiger partial charge in [-0.1, -0.05) is 18.2 Å². The number of carboxylic acid groups (broad SMARTS) is 1. The molecule has 1 saturated carbocycles. The molecule has 1 heterocycles. The number of carbonyl (C=O) groups is 1. The maximum absolute atomic E-state index is 13.7. The number of carboxylic acids is 1. The second kappa shape index (κ2) is 14.4. The van der Waals surface area contributed by atoms with Crippen molar-refractivity contribution in [2.75, 3.05) is 24.7 Å². The Balaban J connectivity index is 1.54. The number of ether oxygens (including phenoxy) is 1. The number of alkyl halides is 6. The quantitative estimate of drug-likeness (QED) is 0.181. The Morgan fingerprint density at radius 2 is 1.80 bits per heavy atom. The van der Waals surface area contributed by atoms with E-state index < -0.39 is 64.4 Å². The number of nitrogens with zero attached hydrogens (tertiary/aromatic N) is 3. The molecule has 3 unspecified atom stereocenters. The number of aryl methyl sites for hydroxylation is 1. The molecule has 3 aromatic rings. The molecule has 0 radical (unpaired) electrons. The molecule has 16 heteroatoms. The summed E-state index contributed by atoms with van der Waals surface area (Å²) in [6, 6.07) is 10.0. The fourth-order valence-electron chi connectivity index (χ4n) is 6.46. The summed E-state index contributed by atoms with van der Waals surface area (Å²) in [7, 11) is 1.46. The monoisotopic (exact) mass is 738 g/mol. The van der Waals surface area contributed by atoms with Crippen LogP contribution in [0.5, 0.6) is 5.75 Å². The number of allylic oxidation sites excluding steroid dienone is 3. The van der Waals surface area contributed by atoms with Gasteiger partial charge in [-0.05, 0) is 79.6 Å². The predicted molar refractivity (Wildman–Crippen MR) is 179 cm³/mol. The van der Waals surface area contributed by atoms with Gasteiger partial charge >= 0.3 is 18.3 Å². The Kier molecular flexibility index (Phi) is 10.7. The summed E-state index contributed by atoms with van der Waals surface area (Å²) < 4.78 is 101. The van der Waals surface area contributed by atoms with Gasteiger partial charge in [0.15, 0.2) is 0 Å². The summed E-state index contributed by atoms with van der Waals surface area (Å²) in [5.41, 5.74) is -0.497. The Morgan fingerprint density at radius 3 is 2.35 bits per heavy atom. The number of hydrogen-bond acceptors (Lipinski definition) is 7. The molecule has 0 amide bonds. The largest absolute Gasteiger partial charge is 0.496 e. The van der Waals surface area contributed by atoms with E-state index in [1.807, 2.05) is 0 Å². The Morgan fingerprint density at radius 1 is 1.10 bits per heavy atom. The number of rotatable bonds is 11.